The Morgan fingerprint density at radius 2 is 2.08 bits per heavy atom. The van der Waals surface area contributed by atoms with E-state index >= 15 is 0 Å². The Balaban J connectivity index is 1.69. The smallest absolute Gasteiger partial charge is 0.323 e. The van der Waals surface area contributed by atoms with Crippen molar-refractivity contribution in [1.29, 1.82) is 0 Å². The second-order valence-electron chi connectivity index (χ2n) is 6.66. The van der Waals surface area contributed by atoms with Crippen molar-refractivity contribution in [3.63, 3.8) is 0 Å². The Labute approximate surface area is 148 Å². The van der Waals surface area contributed by atoms with Crippen molar-refractivity contribution >= 4 is 11.8 Å². The summed E-state index contributed by atoms with van der Waals surface area (Å²) in [7, 11) is 1.85. The fourth-order valence-corrected chi connectivity index (χ4v) is 3.43. The minimum absolute atomic E-state index is 0.0967. The molecule has 2 aromatic rings. The number of rotatable bonds is 4. The maximum absolute atomic E-state index is 12.7. The van der Waals surface area contributed by atoms with Crippen LogP contribution in [0.4, 0.5) is 10.6 Å². The van der Waals surface area contributed by atoms with Crippen LogP contribution < -0.4 is 5.32 Å². The monoisotopic (exact) mass is 342 g/mol. The molecule has 6 heteroatoms. The highest BCUT2D eigenvalue weighted by Gasteiger charge is 2.22. The van der Waals surface area contributed by atoms with E-state index < -0.39 is 0 Å². The molecule has 25 heavy (non-hydrogen) atoms. The molecular formula is C19H26N4O2. The average Bonchev–Trinajstić information content (AvgIpc) is 2.82. The highest BCUT2D eigenvalue weighted by Crippen LogP contribution is 2.27. The fourth-order valence-electron chi connectivity index (χ4n) is 3.43. The molecule has 0 saturated carbocycles. The van der Waals surface area contributed by atoms with Gasteiger partial charge in [-0.05, 0) is 37.2 Å². The number of hydrogen-bond donors (Lipinski definition) is 2. The lowest BCUT2D eigenvalue weighted by Crippen LogP contribution is -2.36. The van der Waals surface area contributed by atoms with Crippen LogP contribution in [0.2, 0.25) is 0 Å². The summed E-state index contributed by atoms with van der Waals surface area (Å²) in [6.07, 6.45) is 5.75. The standard InChI is InChI=1S/C19H26N4O2/c1-22-14-17(16-7-3-2-4-8-16)18(21-22)20-19(25)23-11-5-6-15(9-12-23)10-13-24/h2-4,7-8,14-15,24H,5-6,9-13H2,1H3,(H,20,21,25). The van der Waals surface area contributed by atoms with Crippen molar-refractivity contribution in [3.8, 4) is 11.1 Å². The summed E-state index contributed by atoms with van der Waals surface area (Å²) in [4.78, 5) is 14.6. The molecule has 2 amide bonds. The maximum atomic E-state index is 12.7. The zero-order chi connectivity index (χ0) is 17.6. The summed E-state index contributed by atoms with van der Waals surface area (Å²) in [6.45, 7) is 1.70. The molecule has 1 aliphatic heterocycles. The van der Waals surface area contributed by atoms with Crippen LogP contribution >= 0.6 is 0 Å². The van der Waals surface area contributed by atoms with Crippen molar-refractivity contribution in [2.24, 2.45) is 13.0 Å². The van der Waals surface area contributed by atoms with Gasteiger partial charge in [0.2, 0.25) is 0 Å². The molecule has 0 bridgehead atoms. The van der Waals surface area contributed by atoms with Gasteiger partial charge < -0.3 is 10.0 Å². The number of anilines is 1. The highest BCUT2D eigenvalue weighted by molar-refractivity contribution is 5.92. The van der Waals surface area contributed by atoms with Crippen LogP contribution in [0.25, 0.3) is 11.1 Å². The predicted octanol–water partition coefficient (Wildman–Crippen LogP) is 3.10. The molecule has 1 unspecified atom stereocenters. The third kappa shape index (κ3) is 4.39. The Morgan fingerprint density at radius 1 is 1.28 bits per heavy atom. The van der Waals surface area contributed by atoms with Crippen LogP contribution in [0.15, 0.2) is 36.5 Å². The van der Waals surface area contributed by atoms with Gasteiger partial charge in [-0.15, -0.1) is 0 Å². The number of urea groups is 1. The van der Waals surface area contributed by atoms with Crippen LogP contribution in [0.5, 0.6) is 0 Å². The minimum atomic E-state index is -0.0967. The van der Waals surface area contributed by atoms with Gasteiger partial charge in [0, 0.05) is 38.5 Å². The number of aliphatic hydroxyl groups is 1. The summed E-state index contributed by atoms with van der Waals surface area (Å²) in [5.74, 6) is 1.10. The number of aryl methyl sites for hydroxylation is 1. The van der Waals surface area contributed by atoms with Gasteiger partial charge >= 0.3 is 6.03 Å². The van der Waals surface area contributed by atoms with E-state index in [1.807, 2.05) is 48.5 Å². The minimum Gasteiger partial charge on any atom is -0.396 e. The number of likely N-dealkylation sites (tertiary alicyclic amines) is 1. The SMILES string of the molecule is Cn1cc(-c2ccccc2)c(NC(=O)N2CCCC(CCO)CC2)n1. The van der Waals surface area contributed by atoms with Crippen LogP contribution in [0, 0.1) is 5.92 Å². The van der Waals surface area contributed by atoms with E-state index in [2.05, 4.69) is 10.4 Å². The van der Waals surface area contributed by atoms with E-state index in [9.17, 15) is 4.79 Å². The molecule has 6 nitrogen and oxygen atoms in total. The van der Waals surface area contributed by atoms with Gasteiger partial charge in [-0.3, -0.25) is 10.00 Å². The third-order valence-electron chi connectivity index (χ3n) is 4.81. The van der Waals surface area contributed by atoms with Gasteiger partial charge in [0.05, 0.1) is 0 Å². The number of aromatic nitrogens is 2. The van der Waals surface area contributed by atoms with Gasteiger partial charge in [-0.25, -0.2) is 4.79 Å². The molecule has 1 aliphatic rings. The summed E-state index contributed by atoms with van der Waals surface area (Å²) in [5, 5.41) is 16.5. The first-order valence-electron chi connectivity index (χ1n) is 8.93. The number of carbonyl (C=O) groups is 1. The van der Waals surface area contributed by atoms with Gasteiger partial charge in [0.1, 0.15) is 0 Å². The number of hydrogen-bond acceptors (Lipinski definition) is 3. The number of benzene rings is 1. The number of nitrogens with one attached hydrogen (secondary N) is 1. The van der Waals surface area contributed by atoms with Crippen LogP contribution in [0.1, 0.15) is 25.7 Å². The number of nitrogens with zero attached hydrogens (tertiary/aromatic N) is 3. The zero-order valence-corrected chi connectivity index (χ0v) is 14.7. The normalized spacial score (nSPS) is 18.0. The first-order valence-corrected chi connectivity index (χ1v) is 8.93. The van der Waals surface area contributed by atoms with Crippen molar-refractivity contribution in [1.82, 2.24) is 14.7 Å². The zero-order valence-electron chi connectivity index (χ0n) is 14.7. The van der Waals surface area contributed by atoms with Crippen LogP contribution in [0.3, 0.4) is 0 Å². The van der Waals surface area contributed by atoms with Crippen LogP contribution in [-0.2, 0) is 7.05 Å². The van der Waals surface area contributed by atoms with Crippen molar-refractivity contribution in [2.75, 3.05) is 25.0 Å². The molecular weight excluding hydrogens is 316 g/mol. The first-order chi connectivity index (χ1) is 12.2. The highest BCUT2D eigenvalue weighted by atomic mass is 16.3. The molecule has 1 saturated heterocycles. The molecule has 134 valence electrons. The molecule has 0 radical (unpaired) electrons. The van der Waals surface area contributed by atoms with E-state index in [0.717, 1.165) is 49.9 Å². The summed E-state index contributed by atoms with van der Waals surface area (Å²) >= 11 is 0. The summed E-state index contributed by atoms with van der Waals surface area (Å²) in [6, 6.07) is 9.85. The van der Waals surface area contributed by atoms with E-state index in [1.165, 1.54) is 0 Å². The van der Waals surface area contributed by atoms with E-state index in [-0.39, 0.29) is 12.6 Å². The van der Waals surface area contributed by atoms with Gasteiger partial charge in [-0.2, -0.15) is 5.10 Å². The number of amides is 2. The molecule has 2 heterocycles. The Morgan fingerprint density at radius 3 is 2.84 bits per heavy atom. The Kier molecular flexibility index (Phi) is 5.71. The fraction of sp³-hybridized carbons (Fsp3) is 0.474. The summed E-state index contributed by atoms with van der Waals surface area (Å²) in [5.41, 5.74) is 1.95. The average molecular weight is 342 g/mol. The molecule has 0 aliphatic carbocycles. The van der Waals surface area contributed by atoms with Crippen molar-refractivity contribution in [2.45, 2.75) is 25.7 Å². The lowest BCUT2D eigenvalue weighted by atomic mass is 9.98. The Hall–Kier alpha value is -2.34. The van der Waals surface area contributed by atoms with E-state index in [4.69, 9.17) is 5.11 Å². The van der Waals surface area contributed by atoms with Crippen LogP contribution in [-0.4, -0.2) is 45.5 Å². The molecule has 1 aromatic carbocycles. The quantitative estimate of drug-likeness (QED) is 0.897. The second kappa shape index (κ2) is 8.16. The molecule has 2 N–H and O–H groups in total. The number of aliphatic hydroxyl groups excluding tert-OH is 1. The largest absolute Gasteiger partial charge is 0.396 e. The summed E-state index contributed by atoms with van der Waals surface area (Å²) < 4.78 is 1.72. The van der Waals surface area contributed by atoms with E-state index in [0.29, 0.717) is 11.7 Å². The van der Waals surface area contributed by atoms with Gasteiger partial charge in [0.25, 0.3) is 0 Å². The number of carbonyl (C=O) groups excluding carboxylic acids is 1. The topological polar surface area (TPSA) is 70.4 Å². The first kappa shape index (κ1) is 17.5. The second-order valence-corrected chi connectivity index (χ2v) is 6.66. The van der Waals surface area contributed by atoms with Crippen molar-refractivity contribution in [3.05, 3.63) is 36.5 Å². The lowest BCUT2D eigenvalue weighted by molar-refractivity contribution is 0.211. The Bertz CT molecular complexity index is 699. The molecule has 1 aromatic heterocycles. The van der Waals surface area contributed by atoms with Crippen molar-refractivity contribution < 1.29 is 9.90 Å². The maximum Gasteiger partial charge on any atom is 0.323 e. The molecule has 0 spiro atoms. The van der Waals surface area contributed by atoms with E-state index in [1.54, 1.807) is 4.68 Å². The van der Waals surface area contributed by atoms with Gasteiger partial charge in [0.15, 0.2) is 5.82 Å². The molecule has 1 fully saturated rings. The molecule has 3 rings (SSSR count). The lowest BCUT2D eigenvalue weighted by Gasteiger charge is -2.21. The van der Waals surface area contributed by atoms with Gasteiger partial charge in [-0.1, -0.05) is 30.3 Å². The third-order valence-corrected chi connectivity index (χ3v) is 4.81. The molecule has 1 atom stereocenters. The predicted molar refractivity (Wildman–Crippen MR) is 98.3 cm³/mol.